The molecule has 0 aliphatic rings. The Labute approximate surface area is 199 Å². The molecule has 1 N–H and O–H groups in total. The number of aromatic nitrogens is 2. The van der Waals surface area contributed by atoms with Crippen molar-refractivity contribution >= 4 is 44.9 Å². The SMILES string of the molecule is CCc1ccc2nc(-c3ccc(F)cc3)nc(SCC(=O)Nc3sc(C)c(C)c3C#N)c2c1. The summed E-state index contributed by atoms with van der Waals surface area (Å²) in [5.74, 6) is 0.0752. The fraction of sp³-hybridized carbons (Fsp3) is 0.200. The maximum Gasteiger partial charge on any atom is 0.235 e. The van der Waals surface area contributed by atoms with Gasteiger partial charge >= 0.3 is 0 Å². The van der Waals surface area contributed by atoms with E-state index in [0.29, 0.717) is 27.0 Å². The quantitative estimate of drug-likeness (QED) is 0.262. The lowest BCUT2D eigenvalue weighted by molar-refractivity contribution is -0.113. The Hall–Kier alpha value is -3.28. The van der Waals surface area contributed by atoms with Crippen molar-refractivity contribution in [1.82, 2.24) is 9.97 Å². The summed E-state index contributed by atoms with van der Waals surface area (Å²) in [6, 6.07) is 14.2. The normalized spacial score (nSPS) is 10.9. The Morgan fingerprint density at radius 3 is 2.64 bits per heavy atom. The van der Waals surface area contributed by atoms with E-state index in [0.717, 1.165) is 33.3 Å². The third-order valence-electron chi connectivity index (χ3n) is 5.33. The summed E-state index contributed by atoms with van der Waals surface area (Å²) in [4.78, 5) is 23.1. The molecule has 0 saturated carbocycles. The molecule has 2 aromatic carbocycles. The van der Waals surface area contributed by atoms with Crippen LogP contribution in [0.1, 0.15) is 28.5 Å². The van der Waals surface area contributed by atoms with E-state index < -0.39 is 0 Å². The highest BCUT2D eigenvalue weighted by atomic mass is 32.2. The molecule has 0 atom stereocenters. The Kier molecular flexibility index (Phi) is 6.72. The predicted octanol–water partition coefficient (Wildman–Crippen LogP) is 6.28. The summed E-state index contributed by atoms with van der Waals surface area (Å²) < 4.78 is 13.4. The van der Waals surface area contributed by atoms with Gasteiger partial charge in [-0.05, 0) is 67.8 Å². The number of amides is 1. The number of nitrogens with zero attached hydrogens (tertiary/aromatic N) is 3. The van der Waals surface area contributed by atoms with Crippen molar-refractivity contribution in [3.8, 4) is 17.5 Å². The molecule has 5 nitrogen and oxygen atoms in total. The van der Waals surface area contributed by atoms with E-state index in [1.807, 2.05) is 32.0 Å². The van der Waals surface area contributed by atoms with Crippen LogP contribution in [0.15, 0.2) is 47.5 Å². The summed E-state index contributed by atoms with van der Waals surface area (Å²) in [5, 5.41) is 14.4. The Balaban J connectivity index is 1.64. The van der Waals surface area contributed by atoms with Crippen LogP contribution in [0.2, 0.25) is 0 Å². The van der Waals surface area contributed by atoms with E-state index in [1.54, 1.807) is 12.1 Å². The second kappa shape index (κ2) is 9.69. The first-order valence-corrected chi connectivity index (χ1v) is 12.2. The minimum absolute atomic E-state index is 0.131. The van der Waals surface area contributed by atoms with E-state index in [9.17, 15) is 14.4 Å². The first-order chi connectivity index (χ1) is 15.9. The van der Waals surface area contributed by atoms with Gasteiger partial charge in [-0.1, -0.05) is 24.8 Å². The number of carbonyl (C=O) groups excluding carboxylic acids is 1. The number of hydrogen-bond donors (Lipinski definition) is 1. The van der Waals surface area contributed by atoms with E-state index in [2.05, 4.69) is 23.3 Å². The third kappa shape index (κ3) is 4.90. The van der Waals surface area contributed by atoms with Crippen molar-refractivity contribution in [2.75, 3.05) is 11.1 Å². The molecule has 0 spiro atoms. The van der Waals surface area contributed by atoms with Gasteiger partial charge < -0.3 is 5.32 Å². The van der Waals surface area contributed by atoms with Gasteiger partial charge in [0.05, 0.1) is 16.8 Å². The number of rotatable bonds is 6. The van der Waals surface area contributed by atoms with Gasteiger partial charge in [0.15, 0.2) is 5.82 Å². The molecule has 2 heterocycles. The zero-order valence-electron chi connectivity index (χ0n) is 18.4. The molecule has 166 valence electrons. The largest absolute Gasteiger partial charge is 0.316 e. The number of benzene rings is 2. The molecule has 1 amide bonds. The number of carbonyl (C=O) groups is 1. The average molecular weight is 477 g/mol. The van der Waals surface area contributed by atoms with Gasteiger partial charge in [0.1, 0.15) is 21.9 Å². The van der Waals surface area contributed by atoms with Crippen LogP contribution in [0.4, 0.5) is 9.39 Å². The molecule has 0 saturated heterocycles. The monoisotopic (exact) mass is 476 g/mol. The molecule has 8 heteroatoms. The van der Waals surface area contributed by atoms with Crippen LogP contribution < -0.4 is 5.32 Å². The van der Waals surface area contributed by atoms with Crippen LogP contribution >= 0.6 is 23.1 Å². The van der Waals surface area contributed by atoms with Gasteiger partial charge in [-0.25, -0.2) is 14.4 Å². The molecule has 0 aliphatic heterocycles. The van der Waals surface area contributed by atoms with Crippen molar-refractivity contribution in [1.29, 1.82) is 5.26 Å². The molecule has 4 rings (SSSR count). The molecule has 4 aromatic rings. The summed E-state index contributed by atoms with van der Waals surface area (Å²) >= 11 is 2.72. The maximum absolute atomic E-state index is 13.4. The lowest BCUT2D eigenvalue weighted by atomic mass is 10.1. The Morgan fingerprint density at radius 2 is 1.94 bits per heavy atom. The summed E-state index contributed by atoms with van der Waals surface area (Å²) in [5.41, 5.74) is 4.01. The molecule has 33 heavy (non-hydrogen) atoms. The molecular weight excluding hydrogens is 455 g/mol. The number of nitriles is 1. The first kappa shape index (κ1) is 22.9. The van der Waals surface area contributed by atoms with E-state index in [4.69, 9.17) is 4.98 Å². The van der Waals surface area contributed by atoms with Crippen LogP contribution in [0.5, 0.6) is 0 Å². The second-order valence-corrected chi connectivity index (χ2v) is 9.69. The number of thioether (sulfide) groups is 1. The van der Waals surface area contributed by atoms with E-state index in [1.165, 1.54) is 35.2 Å². The average Bonchev–Trinajstić information content (AvgIpc) is 3.09. The van der Waals surface area contributed by atoms with Gasteiger partial charge in [-0.2, -0.15) is 5.26 Å². The summed E-state index contributed by atoms with van der Waals surface area (Å²) in [6.07, 6.45) is 0.869. The second-order valence-electron chi connectivity index (χ2n) is 7.50. The predicted molar refractivity (Wildman–Crippen MR) is 132 cm³/mol. The zero-order chi connectivity index (χ0) is 23.5. The number of nitrogens with one attached hydrogen (secondary N) is 1. The Morgan fingerprint density at radius 1 is 1.18 bits per heavy atom. The van der Waals surface area contributed by atoms with Crippen molar-refractivity contribution in [2.45, 2.75) is 32.2 Å². The van der Waals surface area contributed by atoms with Gasteiger partial charge in [0.2, 0.25) is 5.91 Å². The van der Waals surface area contributed by atoms with Crippen molar-refractivity contribution in [3.05, 3.63) is 69.8 Å². The smallest absolute Gasteiger partial charge is 0.235 e. The summed E-state index contributed by atoms with van der Waals surface area (Å²) in [7, 11) is 0. The molecule has 0 fully saturated rings. The summed E-state index contributed by atoms with van der Waals surface area (Å²) in [6.45, 7) is 5.89. The highest BCUT2D eigenvalue weighted by Crippen LogP contribution is 2.33. The lowest BCUT2D eigenvalue weighted by Gasteiger charge is -2.10. The fourth-order valence-corrected chi connectivity index (χ4v) is 5.19. The van der Waals surface area contributed by atoms with Gasteiger partial charge in [0.25, 0.3) is 0 Å². The first-order valence-electron chi connectivity index (χ1n) is 10.4. The van der Waals surface area contributed by atoms with Crippen molar-refractivity contribution in [2.24, 2.45) is 0 Å². The zero-order valence-corrected chi connectivity index (χ0v) is 20.0. The number of halogens is 1. The molecule has 0 unspecified atom stereocenters. The van der Waals surface area contributed by atoms with Crippen molar-refractivity contribution < 1.29 is 9.18 Å². The molecule has 2 aromatic heterocycles. The number of aryl methyl sites for hydroxylation is 2. The number of anilines is 1. The Bertz CT molecular complexity index is 1390. The van der Waals surface area contributed by atoms with Crippen LogP contribution in [-0.4, -0.2) is 21.6 Å². The fourth-order valence-electron chi connectivity index (χ4n) is 3.35. The lowest BCUT2D eigenvalue weighted by Crippen LogP contribution is -2.14. The molecule has 0 radical (unpaired) electrons. The highest BCUT2D eigenvalue weighted by Gasteiger charge is 2.16. The van der Waals surface area contributed by atoms with Crippen LogP contribution in [-0.2, 0) is 11.2 Å². The highest BCUT2D eigenvalue weighted by molar-refractivity contribution is 8.00. The molecular formula is C25H21FN4OS2. The number of fused-ring (bicyclic) bond motifs is 1. The van der Waals surface area contributed by atoms with Gasteiger partial charge in [0, 0.05) is 15.8 Å². The van der Waals surface area contributed by atoms with E-state index >= 15 is 0 Å². The van der Waals surface area contributed by atoms with Crippen LogP contribution in [0, 0.1) is 31.0 Å². The third-order valence-corrected chi connectivity index (χ3v) is 7.44. The topological polar surface area (TPSA) is 78.7 Å². The standard InChI is InChI=1S/C25H21FN4OS2/c1-4-16-5-10-21-19(11-16)24(30-23(28-21)17-6-8-18(26)9-7-17)32-13-22(31)29-25-20(12-27)14(2)15(3)33-25/h5-11H,4,13H2,1-3H3,(H,29,31). The number of thiophene rings is 1. The molecule has 0 bridgehead atoms. The van der Waals surface area contributed by atoms with E-state index in [-0.39, 0.29) is 17.5 Å². The minimum Gasteiger partial charge on any atom is -0.316 e. The number of hydrogen-bond acceptors (Lipinski definition) is 6. The minimum atomic E-state index is -0.325. The molecule has 0 aliphatic carbocycles. The van der Waals surface area contributed by atoms with Gasteiger partial charge in [-0.3, -0.25) is 4.79 Å². The maximum atomic E-state index is 13.4. The van der Waals surface area contributed by atoms with Gasteiger partial charge in [-0.15, -0.1) is 11.3 Å². The van der Waals surface area contributed by atoms with Crippen LogP contribution in [0.25, 0.3) is 22.3 Å². The van der Waals surface area contributed by atoms with Crippen LogP contribution in [0.3, 0.4) is 0 Å². The van der Waals surface area contributed by atoms with Crippen molar-refractivity contribution in [3.63, 3.8) is 0 Å².